The molecule has 1 aromatic carbocycles. The first kappa shape index (κ1) is 12.4. The lowest BCUT2D eigenvalue weighted by atomic mass is 10.1. The van der Waals surface area contributed by atoms with Crippen LogP contribution in [0.4, 0.5) is 0 Å². The zero-order valence-electron chi connectivity index (χ0n) is 9.54. The molecule has 3 N–H and O–H groups in total. The van der Waals surface area contributed by atoms with Crippen LogP contribution < -0.4 is 0 Å². The Hall–Kier alpha value is -2.02. The highest BCUT2D eigenvalue weighted by Crippen LogP contribution is 2.28. The van der Waals surface area contributed by atoms with Crippen molar-refractivity contribution in [1.29, 1.82) is 0 Å². The normalized spacial score (nSPS) is 10.5. The number of nitrogens with zero attached hydrogens (tertiary/aromatic N) is 2. The molecule has 6 nitrogen and oxygen atoms in total. The Morgan fingerprint density at radius 1 is 1.44 bits per heavy atom. The third-order valence-electron chi connectivity index (χ3n) is 2.21. The molecule has 1 heterocycles. The number of aryl methyl sites for hydroxylation is 1. The average Bonchev–Trinajstić information content (AvgIpc) is 2.78. The molecule has 0 aliphatic rings. The molecule has 1 aromatic heterocycles. The second-order valence-corrected chi connectivity index (χ2v) is 4.65. The fraction of sp³-hybridized carbons (Fsp3) is 0.182. The van der Waals surface area contributed by atoms with Crippen molar-refractivity contribution in [3.63, 3.8) is 0 Å². The van der Waals surface area contributed by atoms with Gasteiger partial charge in [0.15, 0.2) is 11.0 Å². The Morgan fingerprint density at radius 3 is 2.94 bits per heavy atom. The molecule has 0 radical (unpaired) electrons. The van der Waals surface area contributed by atoms with Crippen LogP contribution in [0.15, 0.2) is 23.4 Å². The van der Waals surface area contributed by atoms with Crippen molar-refractivity contribution >= 4 is 17.7 Å². The average molecular weight is 265 g/mol. The van der Waals surface area contributed by atoms with Crippen molar-refractivity contribution in [3.8, 4) is 17.1 Å². The van der Waals surface area contributed by atoms with Crippen LogP contribution in [0.5, 0.6) is 5.75 Å². The molecule has 2 rings (SSSR count). The van der Waals surface area contributed by atoms with E-state index in [1.54, 1.807) is 18.2 Å². The highest BCUT2D eigenvalue weighted by molar-refractivity contribution is 7.99. The number of thioether (sulfide) groups is 1. The number of nitrogens with one attached hydrogen (secondary N) is 1. The molecule has 2 aromatic rings. The van der Waals surface area contributed by atoms with Crippen LogP contribution in [0.3, 0.4) is 0 Å². The molecule has 0 aliphatic carbocycles. The zero-order valence-corrected chi connectivity index (χ0v) is 10.4. The third kappa shape index (κ3) is 2.80. The van der Waals surface area contributed by atoms with Crippen molar-refractivity contribution in [2.75, 3.05) is 5.75 Å². The summed E-state index contributed by atoms with van der Waals surface area (Å²) in [6, 6.07) is 5.15. The summed E-state index contributed by atoms with van der Waals surface area (Å²) in [4.78, 5) is 13.3. The summed E-state index contributed by atoms with van der Waals surface area (Å²) >= 11 is 1.04. The van der Waals surface area contributed by atoms with Gasteiger partial charge in [-0.3, -0.25) is 4.79 Å². The van der Waals surface area contributed by atoms with Crippen molar-refractivity contribution in [1.82, 2.24) is 15.2 Å². The highest BCUT2D eigenvalue weighted by Gasteiger charge is 2.11. The van der Waals surface area contributed by atoms with Crippen LogP contribution in [-0.2, 0) is 4.79 Å². The fourth-order valence-corrected chi connectivity index (χ4v) is 1.93. The van der Waals surface area contributed by atoms with E-state index in [2.05, 4.69) is 15.2 Å². The van der Waals surface area contributed by atoms with Gasteiger partial charge in [0.05, 0.1) is 11.3 Å². The molecule has 0 atom stereocenters. The molecule has 0 aliphatic heterocycles. The first-order valence-electron chi connectivity index (χ1n) is 5.13. The largest absolute Gasteiger partial charge is 0.507 e. The summed E-state index contributed by atoms with van der Waals surface area (Å²) in [5, 5.41) is 26.4. The predicted molar refractivity (Wildman–Crippen MR) is 66.6 cm³/mol. The second kappa shape index (κ2) is 5.09. The van der Waals surface area contributed by atoms with Crippen LogP contribution in [0.25, 0.3) is 11.4 Å². The van der Waals surface area contributed by atoms with E-state index in [0.29, 0.717) is 16.5 Å². The minimum atomic E-state index is -0.920. The van der Waals surface area contributed by atoms with Gasteiger partial charge in [0.2, 0.25) is 0 Å². The first-order chi connectivity index (χ1) is 8.56. The van der Waals surface area contributed by atoms with Crippen LogP contribution >= 0.6 is 11.8 Å². The molecule has 0 bridgehead atoms. The number of carboxylic acid groups (broad SMARTS) is 1. The molecule has 0 amide bonds. The number of H-pyrrole nitrogens is 1. The molecular weight excluding hydrogens is 254 g/mol. The quantitative estimate of drug-likeness (QED) is 0.727. The van der Waals surface area contributed by atoms with Crippen LogP contribution in [0.2, 0.25) is 0 Å². The van der Waals surface area contributed by atoms with E-state index >= 15 is 0 Å². The van der Waals surface area contributed by atoms with Gasteiger partial charge >= 0.3 is 5.97 Å². The molecule has 0 spiro atoms. The molecule has 0 fully saturated rings. The number of phenols is 1. The standard InChI is InChI=1S/C11H11N3O3S/c1-6-2-3-8(15)7(4-6)10-12-11(14-13-10)18-5-9(16)17/h2-4,15H,5H2,1H3,(H,16,17)(H,12,13,14). The van der Waals surface area contributed by atoms with E-state index in [-0.39, 0.29) is 11.5 Å². The lowest BCUT2D eigenvalue weighted by Crippen LogP contribution is -1.97. The predicted octanol–water partition coefficient (Wildman–Crippen LogP) is 1.66. The zero-order chi connectivity index (χ0) is 13.1. The van der Waals surface area contributed by atoms with E-state index < -0.39 is 5.97 Å². The highest BCUT2D eigenvalue weighted by atomic mass is 32.2. The Labute approximate surface area is 107 Å². The van der Waals surface area contributed by atoms with Gasteiger partial charge in [-0.05, 0) is 19.1 Å². The van der Waals surface area contributed by atoms with E-state index in [4.69, 9.17) is 5.11 Å². The second-order valence-electron chi connectivity index (χ2n) is 3.68. The number of carboxylic acids is 1. The molecule has 0 saturated heterocycles. The number of carbonyl (C=O) groups is 1. The molecule has 0 unspecified atom stereocenters. The maximum Gasteiger partial charge on any atom is 0.313 e. The maximum absolute atomic E-state index is 10.4. The number of aromatic amines is 1. The summed E-state index contributed by atoms with van der Waals surface area (Å²) in [6.45, 7) is 1.90. The number of hydrogen-bond acceptors (Lipinski definition) is 5. The summed E-state index contributed by atoms with van der Waals surface area (Å²) < 4.78 is 0. The van der Waals surface area contributed by atoms with Gasteiger partial charge in [0.25, 0.3) is 0 Å². The SMILES string of the molecule is Cc1ccc(O)c(-c2nnc(SCC(=O)O)[nH]2)c1. The van der Waals surface area contributed by atoms with Crippen LogP contribution in [-0.4, -0.2) is 37.1 Å². The number of rotatable bonds is 4. The number of aliphatic carboxylic acids is 1. The Kier molecular flexibility index (Phi) is 3.52. The summed E-state index contributed by atoms with van der Waals surface area (Å²) in [7, 11) is 0. The monoisotopic (exact) mass is 265 g/mol. The van der Waals surface area contributed by atoms with Crippen LogP contribution in [0, 0.1) is 6.92 Å². The fourth-order valence-electron chi connectivity index (χ4n) is 1.40. The Balaban J connectivity index is 2.23. The Morgan fingerprint density at radius 2 is 2.22 bits per heavy atom. The van der Waals surface area contributed by atoms with E-state index in [0.717, 1.165) is 17.3 Å². The van der Waals surface area contributed by atoms with Gasteiger partial charge in [-0.25, -0.2) is 0 Å². The van der Waals surface area contributed by atoms with Crippen molar-refractivity contribution in [3.05, 3.63) is 23.8 Å². The number of phenolic OH excluding ortho intramolecular Hbond substituents is 1. The number of aromatic hydroxyl groups is 1. The van der Waals surface area contributed by atoms with Gasteiger partial charge in [-0.15, -0.1) is 10.2 Å². The van der Waals surface area contributed by atoms with E-state index in [9.17, 15) is 9.90 Å². The third-order valence-corrected chi connectivity index (χ3v) is 3.05. The lowest BCUT2D eigenvalue weighted by Gasteiger charge is -2.01. The van der Waals surface area contributed by atoms with Gasteiger partial charge < -0.3 is 15.2 Å². The van der Waals surface area contributed by atoms with Gasteiger partial charge in [-0.2, -0.15) is 0 Å². The van der Waals surface area contributed by atoms with Crippen molar-refractivity contribution < 1.29 is 15.0 Å². The van der Waals surface area contributed by atoms with E-state index in [1.807, 2.05) is 6.92 Å². The molecule has 0 saturated carbocycles. The topological polar surface area (TPSA) is 99.1 Å². The molecular formula is C11H11N3O3S. The van der Waals surface area contributed by atoms with Crippen molar-refractivity contribution in [2.45, 2.75) is 12.1 Å². The van der Waals surface area contributed by atoms with Gasteiger partial charge in [0, 0.05) is 0 Å². The number of aromatic nitrogens is 3. The van der Waals surface area contributed by atoms with Crippen LogP contribution in [0.1, 0.15) is 5.56 Å². The number of benzene rings is 1. The summed E-state index contributed by atoms with van der Waals surface area (Å²) in [6.07, 6.45) is 0. The smallest absolute Gasteiger partial charge is 0.313 e. The first-order valence-corrected chi connectivity index (χ1v) is 6.12. The van der Waals surface area contributed by atoms with E-state index in [1.165, 1.54) is 0 Å². The molecule has 7 heteroatoms. The minimum Gasteiger partial charge on any atom is -0.507 e. The summed E-state index contributed by atoms with van der Waals surface area (Å²) in [5.41, 5.74) is 1.53. The Bertz CT molecular complexity index is 583. The molecule has 18 heavy (non-hydrogen) atoms. The lowest BCUT2D eigenvalue weighted by molar-refractivity contribution is -0.133. The number of hydrogen-bond donors (Lipinski definition) is 3. The van der Waals surface area contributed by atoms with Crippen molar-refractivity contribution in [2.24, 2.45) is 0 Å². The maximum atomic E-state index is 10.4. The minimum absolute atomic E-state index is 0.0889. The summed E-state index contributed by atoms with van der Waals surface area (Å²) in [5.74, 6) is -0.485. The van der Waals surface area contributed by atoms with Gasteiger partial charge in [-0.1, -0.05) is 23.4 Å². The van der Waals surface area contributed by atoms with Gasteiger partial charge in [0.1, 0.15) is 5.75 Å². The molecule has 94 valence electrons.